The maximum Gasteiger partial charge on any atom is 0.243 e. The number of amides is 1. The van der Waals surface area contributed by atoms with Crippen LogP contribution in [0.15, 0.2) is 29.4 Å². The molecule has 0 radical (unpaired) electrons. The molecular weight excluding hydrogens is 479 g/mol. The molecule has 0 unspecified atom stereocenters. The van der Waals surface area contributed by atoms with Gasteiger partial charge < -0.3 is 5.32 Å². The molecular formula is C24H26ClFN4O3S. The Morgan fingerprint density at radius 2 is 1.79 bits per heavy atom. The number of anilines is 1. The number of carbonyl (C=O) groups is 1. The van der Waals surface area contributed by atoms with E-state index in [4.69, 9.17) is 11.6 Å². The lowest BCUT2D eigenvalue weighted by Gasteiger charge is -2.55. The van der Waals surface area contributed by atoms with E-state index in [2.05, 4.69) is 15.3 Å². The molecule has 5 aliphatic rings. The molecule has 7 rings (SSSR count). The quantitative estimate of drug-likeness (QED) is 0.674. The van der Waals surface area contributed by atoms with Crippen LogP contribution < -0.4 is 5.32 Å². The zero-order valence-corrected chi connectivity index (χ0v) is 20.2. The fraction of sp³-hybridized carbons (Fsp3) is 0.542. The number of hydrogen-bond donors (Lipinski definition) is 1. The summed E-state index contributed by atoms with van der Waals surface area (Å²) < 4.78 is 41.1. The van der Waals surface area contributed by atoms with Gasteiger partial charge in [0.05, 0.1) is 27.6 Å². The molecule has 4 bridgehead atoms. The van der Waals surface area contributed by atoms with Crippen LogP contribution in [0.1, 0.15) is 49.8 Å². The van der Waals surface area contributed by atoms with Gasteiger partial charge in [-0.2, -0.15) is 4.31 Å². The van der Waals surface area contributed by atoms with Crippen molar-refractivity contribution in [2.45, 2.75) is 56.4 Å². The summed E-state index contributed by atoms with van der Waals surface area (Å²) in [4.78, 5) is 22.1. The van der Waals surface area contributed by atoms with Gasteiger partial charge in [-0.15, -0.1) is 0 Å². The van der Waals surface area contributed by atoms with Crippen molar-refractivity contribution in [3.63, 3.8) is 0 Å². The summed E-state index contributed by atoms with van der Waals surface area (Å²) in [5.74, 6) is 1.87. The summed E-state index contributed by atoms with van der Waals surface area (Å²) in [7, 11) is -3.88. The van der Waals surface area contributed by atoms with E-state index in [-0.39, 0.29) is 34.3 Å². The van der Waals surface area contributed by atoms with Crippen LogP contribution in [0.3, 0.4) is 0 Å². The molecule has 1 aliphatic heterocycles. The number of halogens is 2. The van der Waals surface area contributed by atoms with E-state index in [9.17, 15) is 17.6 Å². The number of rotatable bonds is 4. The summed E-state index contributed by atoms with van der Waals surface area (Å²) in [5, 5.41) is 2.87. The van der Waals surface area contributed by atoms with Crippen LogP contribution in [0.4, 0.5) is 10.2 Å². The minimum Gasteiger partial charge on any atom is -0.310 e. The van der Waals surface area contributed by atoms with E-state index in [1.165, 1.54) is 36.0 Å². The number of hydrogen-bond acceptors (Lipinski definition) is 5. The van der Waals surface area contributed by atoms with Crippen LogP contribution in [0.5, 0.6) is 0 Å². The van der Waals surface area contributed by atoms with E-state index in [0.717, 1.165) is 37.0 Å². The van der Waals surface area contributed by atoms with Crippen molar-refractivity contribution in [1.82, 2.24) is 14.3 Å². The standard InChI is InChI=1S/C24H26ClFN4O3S/c25-19-8-17(1-2-20(19)26)34(32,33)30-4-3-18-21(12-30)27-13-28-22(18)29-23(31)24-9-14-5-15(10-24)7-16(6-14)11-24/h1-2,8,13-16H,3-7,9-12H2,(H,27,28,29,31). The van der Waals surface area contributed by atoms with Gasteiger partial charge in [-0.25, -0.2) is 22.8 Å². The second-order valence-electron chi connectivity index (χ2n) is 10.5. The van der Waals surface area contributed by atoms with Crippen molar-refractivity contribution in [1.29, 1.82) is 0 Å². The summed E-state index contributed by atoms with van der Waals surface area (Å²) in [6.45, 7) is 0.257. The maximum atomic E-state index is 13.5. The van der Waals surface area contributed by atoms with Crippen molar-refractivity contribution < 1.29 is 17.6 Å². The smallest absolute Gasteiger partial charge is 0.243 e. The van der Waals surface area contributed by atoms with Gasteiger partial charge in [0.2, 0.25) is 15.9 Å². The average molecular weight is 505 g/mol. The predicted molar refractivity (Wildman–Crippen MR) is 124 cm³/mol. The van der Waals surface area contributed by atoms with Crippen molar-refractivity contribution in [3.05, 3.63) is 46.6 Å². The Morgan fingerprint density at radius 3 is 2.44 bits per heavy atom. The molecule has 1 N–H and O–H groups in total. The molecule has 4 fully saturated rings. The Labute approximate surface area is 203 Å². The first kappa shape index (κ1) is 22.4. The Morgan fingerprint density at radius 1 is 1.12 bits per heavy atom. The van der Waals surface area contributed by atoms with E-state index >= 15 is 0 Å². The first-order valence-electron chi connectivity index (χ1n) is 11.8. The second-order valence-corrected chi connectivity index (χ2v) is 12.8. The third-order valence-electron chi connectivity index (χ3n) is 8.25. The lowest BCUT2D eigenvalue weighted by molar-refractivity contribution is -0.140. The third-order valence-corrected chi connectivity index (χ3v) is 10.4. The average Bonchev–Trinajstić information content (AvgIpc) is 2.79. The Balaban J connectivity index is 1.23. The molecule has 0 spiro atoms. The second kappa shape index (κ2) is 7.96. The number of nitrogens with one attached hydrogen (secondary N) is 1. The van der Waals surface area contributed by atoms with Crippen molar-refractivity contribution in [3.8, 4) is 0 Å². The Hall–Kier alpha value is -2.10. The van der Waals surface area contributed by atoms with Crippen LogP contribution in [0.2, 0.25) is 5.02 Å². The first-order chi connectivity index (χ1) is 16.2. The van der Waals surface area contributed by atoms with Crippen LogP contribution in [-0.4, -0.2) is 35.1 Å². The fourth-order valence-corrected chi connectivity index (χ4v) is 8.73. The summed E-state index contributed by atoms with van der Waals surface area (Å²) in [6, 6.07) is 3.38. The molecule has 1 aromatic carbocycles. The number of sulfonamides is 1. The molecule has 1 amide bonds. The van der Waals surface area contributed by atoms with Gasteiger partial charge in [-0.1, -0.05) is 11.6 Å². The van der Waals surface area contributed by atoms with Crippen LogP contribution in [0, 0.1) is 29.0 Å². The SMILES string of the molecule is O=C(Nc1ncnc2c1CCN(S(=O)(=O)c1ccc(F)c(Cl)c1)C2)C12CC3CC(CC(C3)C1)C2. The van der Waals surface area contributed by atoms with Crippen molar-refractivity contribution in [2.24, 2.45) is 23.2 Å². The number of fused-ring (bicyclic) bond motifs is 1. The molecule has 10 heteroatoms. The zero-order chi connectivity index (χ0) is 23.7. The molecule has 4 saturated carbocycles. The van der Waals surface area contributed by atoms with E-state index in [0.29, 0.717) is 35.7 Å². The zero-order valence-electron chi connectivity index (χ0n) is 18.6. The van der Waals surface area contributed by atoms with Crippen LogP contribution in [0.25, 0.3) is 0 Å². The molecule has 34 heavy (non-hydrogen) atoms. The topological polar surface area (TPSA) is 92.3 Å². The van der Waals surface area contributed by atoms with Gasteiger partial charge >= 0.3 is 0 Å². The van der Waals surface area contributed by atoms with Gasteiger partial charge in [0.25, 0.3) is 0 Å². The highest BCUT2D eigenvalue weighted by atomic mass is 35.5. The molecule has 1 aromatic heterocycles. The molecule has 0 atom stereocenters. The van der Waals surface area contributed by atoms with Crippen LogP contribution >= 0.6 is 11.6 Å². The van der Waals surface area contributed by atoms with E-state index in [1.54, 1.807) is 0 Å². The molecule has 2 heterocycles. The monoisotopic (exact) mass is 504 g/mol. The van der Waals surface area contributed by atoms with Crippen molar-refractivity contribution in [2.75, 3.05) is 11.9 Å². The largest absolute Gasteiger partial charge is 0.310 e. The maximum absolute atomic E-state index is 13.5. The number of aromatic nitrogens is 2. The number of benzene rings is 1. The highest BCUT2D eigenvalue weighted by molar-refractivity contribution is 7.89. The van der Waals surface area contributed by atoms with Gasteiger partial charge in [0, 0.05) is 12.1 Å². The third kappa shape index (κ3) is 3.63. The highest BCUT2D eigenvalue weighted by Crippen LogP contribution is 2.60. The molecule has 4 aliphatic carbocycles. The molecule has 180 valence electrons. The highest BCUT2D eigenvalue weighted by Gasteiger charge is 2.54. The minimum absolute atomic E-state index is 0.0510. The molecule has 2 aromatic rings. The fourth-order valence-electron chi connectivity index (χ4n) is 7.06. The molecule has 0 saturated heterocycles. The first-order valence-corrected chi connectivity index (χ1v) is 13.6. The Bertz CT molecular complexity index is 1250. The summed E-state index contributed by atoms with van der Waals surface area (Å²) in [6.07, 6.45) is 8.43. The number of carbonyl (C=O) groups excluding carboxylic acids is 1. The van der Waals surface area contributed by atoms with Gasteiger partial charge in [0.1, 0.15) is 18.0 Å². The predicted octanol–water partition coefficient (Wildman–Crippen LogP) is 4.17. The molecule has 7 nitrogen and oxygen atoms in total. The van der Waals surface area contributed by atoms with E-state index in [1.807, 2.05) is 0 Å². The van der Waals surface area contributed by atoms with Gasteiger partial charge in [-0.3, -0.25) is 4.79 Å². The van der Waals surface area contributed by atoms with Gasteiger partial charge in [-0.05, 0) is 80.9 Å². The summed E-state index contributed by atoms with van der Waals surface area (Å²) in [5.41, 5.74) is 1.06. The van der Waals surface area contributed by atoms with Gasteiger partial charge in [0.15, 0.2) is 0 Å². The Kier molecular flexibility index (Phi) is 5.24. The summed E-state index contributed by atoms with van der Waals surface area (Å²) >= 11 is 5.80. The number of nitrogens with zero attached hydrogens (tertiary/aromatic N) is 3. The van der Waals surface area contributed by atoms with E-state index < -0.39 is 15.8 Å². The van der Waals surface area contributed by atoms with Crippen molar-refractivity contribution >= 4 is 33.3 Å². The minimum atomic E-state index is -3.88. The lowest BCUT2D eigenvalue weighted by atomic mass is 9.49. The normalized spacial score (nSPS) is 30.2. The van der Waals surface area contributed by atoms with Crippen LogP contribution in [-0.2, 0) is 27.8 Å². The lowest BCUT2D eigenvalue weighted by Crippen LogP contribution is -2.52.